The standard InChI is InChI=1S/C14H18FNO4/c1-10(17)12-8-11(15)2-3-13(12)20-9-14(18)16-4-6-19-7-5-16/h2-3,8,10,17H,4-7,9H2,1H3/t10-/m1/s1. The second-order valence-electron chi connectivity index (χ2n) is 4.64. The van der Waals surface area contributed by atoms with E-state index in [1.54, 1.807) is 4.90 Å². The molecule has 2 rings (SSSR count). The molecule has 6 heteroatoms. The van der Waals surface area contributed by atoms with E-state index >= 15 is 0 Å². The third-order valence-electron chi connectivity index (χ3n) is 3.14. The number of carbonyl (C=O) groups excluding carboxylic acids is 1. The monoisotopic (exact) mass is 283 g/mol. The summed E-state index contributed by atoms with van der Waals surface area (Å²) in [5, 5.41) is 9.58. The maximum absolute atomic E-state index is 13.1. The summed E-state index contributed by atoms with van der Waals surface area (Å²) in [6, 6.07) is 3.86. The van der Waals surface area contributed by atoms with Gasteiger partial charge in [0.25, 0.3) is 5.91 Å². The number of benzene rings is 1. The van der Waals surface area contributed by atoms with Crippen LogP contribution in [0.1, 0.15) is 18.6 Å². The normalized spacial score (nSPS) is 16.9. The molecular formula is C14H18FNO4. The highest BCUT2D eigenvalue weighted by Gasteiger charge is 2.18. The highest BCUT2D eigenvalue weighted by molar-refractivity contribution is 5.77. The average Bonchev–Trinajstić information content (AvgIpc) is 2.46. The number of halogens is 1. The minimum Gasteiger partial charge on any atom is -0.483 e. The second kappa shape index (κ2) is 6.67. The van der Waals surface area contributed by atoms with E-state index in [0.29, 0.717) is 37.6 Å². The Labute approximate surface area is 116 Å². The fourth-order valence-electron chi connectivity index (χ4n) is 2.02. The number of morpholine rings is 1. The molecule has 1 amide bonds. The molecule has 1 aliphatic heterocycles. The van der Waals surface area contributed by atoms with E-state index in [4.69, 9.17) is 9.47 Å². The first kappa shape index (κ1) is 14.7. The van der Waals surface area contributed by atoms with Crippen LogP contribution >= 0.6 is 0 Å². The minimum absolute atomic E-state index is 0.134. The fourth-order valence-corrected chi connectivity index (χ4v) is 2.02. The maximum atomic E-state index is 13.1. The number of hydrogen-bond acceptors (Lipinski definition) is 4. The van der Waals surface area contributed by atoms with E-state index in [-0.39, 0.29) is 12.5 Å². The number of rotatable bonds is 4. The van der Waals surface area contributed by atoms with E-state index < -0.39 is 11.9 Å². The number of hydrogen-bond donors (Lipinski definition) is 1. The largest absolute Gasteiger partial charge is 0.483 e. The molecule has 0 bridgehead atoms. The first-order valence-electron chi connectivity index (χ1n) is 6.54. The molecule has 5 nitrogen and oxygen atoms in total. The first-order chi connectivity index (χ1) is 9.58. The maximum Gasteiger partial charge on any atom is 0.260 e. The van der Waals surface area contributed by atoms with Crippen LogP contribution in [0.4, 0.5) is 4.39 Å². The number of nitrogens with zero attached hydrogens (tertiary/aromatic N) is 1. The van der Waals surface area contributed by atoms with Gasteiger partial charge in [-0.3, -0.25) is 4.79 Å². The van der Waals surface area contributed by atoms with E-state index in [2.05, 4.69) is 0 Å². The molecule has 0 aliphatic carbocycles. The minimum atomic E-state index is -0.862. The van der Waals surface area contributed by atoms with Crippen LogP contribution in [-0.4, -0.2) is 48.8 Å². The Morgan fingerprint density at radius 1 is 1.50 bits per heavy atom. The summed E-state index contributed by atoms with van der Waals surface area (Å²) < 4.78 is 23.7. The van der Waals surface area contributed by atoms with Crippen molar-refractivity contribution in [3.63, 3.8) is 0 Å². The van der Waals surface area contributed by atoms with Gasteiger partial charge >= 0.3 is 0 Å². The molecule has 0 radical (unpaired) electrons. The molecule has 1 fully saturated rings. The Bertz CT molecular complexity index is 472. The SMILES string of the molecule is C[C@@H](O)c1cc(F)ccc1OCC(=O)N1CCOCC1. The number of ether oxygens (including phenoxy) is 2. The van der Waals surface area contributed by atoms with E-state index in [1.165, 1.54) is 25.1 Å². The molecule has 1 aliphatic rings. The third kappa shape index (κ3) is 3.68. The van der Waals surface area contributed by atoms with Crippen molar-refractivity contribution >= 4 is 5.91 Å². The molecule has 1 aromatic rings. The van der Waals surface area contributed by atoms with Gasteiger partial charge < -0.3 is 19.5 Å². The van der Waals surface area contributed by atoms with Crippen LogP contribution in [0.15, 0.2) is 18.2 Å². The van der Waals surface area contributed by atoms with Crippen molar-refractivity contribution in [3.8, 4) is 5.75 Å². The van der Waals surface area contributed by atoms with Crippen molar-refractivity contribution < 1.29 is 23.8 Å². The van der Waals surface area contributed by atoms with Gasteiger partial charge in [-0.2, -0.15) is 0 Å². The summed E-state index contributed by atoms with van der Waals surface area (Å²) >= 11 is 0. The Kier molecular flexibility index (Phi) is 4.92. The molecule has 1 aromatic carbocycles. The molecule has 1 atom stereocenters. The number of aliphatic hydroxyl groups is 1. The molecule has 0 unspecified atom stereocenters. The zero-order chi connectivity index (χ0) is 14.5. The highest BCUT2D eigenvalue weighted by atomic mass is 19.1. The zero-order valence-electron chi connectivity index (χ0n) is 11.3. The lowest BCUT2D eigenvalue weighted by atomic mass is 10.1. The van der Waals surface area contributed by atoms with Crippen LogP contribution in [0.3, 0.4) is 0 Å². The Morgan fingerprint density at radius 3 is 2.85 bits per heavy atom. The molecule has 1 N–H and O–H groups in total. The summed E-state index contributed by atoms with van der Waals surface area (Å²) in [5.74, 6) is -0.273. The van der Waals surface area contributed by atoms with Gasteiger partial charge in [-0.15, -0.1) is 0 Å². The quantitative estimate of drug-likeness (QED) is 0.899. The van der Waals surface area contributed by atoms with Crippen molar-refractivity contribution in [1.29, 1.82) is 0 Å². The van der Waals surface area contributed by atoms with Crippen LogP contribution in [0.25, 0.3) is 0 Å². The van der Waals surface area contributed by atoms with Gasteiger partial charge in [-0.05, 0) is 25.1 Å². The van der Waals surface area contributed by atoms with E-state index in [9.17, 15) is 14.3 Å². The van der Waals surface area contributed by atoms with Crippen LogP contribution in [0.5, 0.6) is 5.75 Å². The number of carbonyl (C=O) groups is 1. The topological polar surface area (TPSA) is 59.0 Å². The molecule has 20 heavy (non-hydrogen) atoms. The Hall–Kier alpha value is -1.66. The Morgan fingerprint density at radius 2 is 2.20 bits per heavy atom. The van der Waals surface area contributed by atoms with Crippen molar-refractivity contribution in [2.45, 2.75) is 13.0 Å². The molecule has 0 saturated carbocycles. The van der Waals surface area contributed by atoms with Crippen molar-refractivity contribution in [2.24, 2.45) is 0 Å². The van der Waals surface area contributed by atoms with Crippen LogP contribution in [0.2, 0.25) is 0 Å². The Balaban J connectivity index is 1.98. The van der Waals surface area contributed by atoms with Crippen LogP contribution < -0.4 is 4.74 Å². The summed E-state index contributed by atoms with van der Waals surface area (Å²) in [6.07, 6.45) is -0.862. The number of amides is 1. The summed E-state index contributed by atoms with van der Waals surface area (Å²) in [6.45, 7) is 3.54. The van der Waals surface area contributed by atoms with Crippen LogP contribution in [-0.2, 0) is 9.53 Å². The molecule has 0 aromatic heterocycles. The second-order valence-corrected chi connectivity index (χ2v) is 4.64. The van der Waals surface area contributed by atoms with Crippen molar-refractivity contribution in [2.75, 3.05) is 32.9 Å². The van der Waals surface area contributed by atoms with Gasteiger partial charge in [0.2, 0.25) is 0 Å². The van der Waals surface area contributed by atoms with Gasteiger partial charge in [0, 0.05) is 18.7 Å². The van der Waals surface area contributed by atoms with Gasteiger partial charge in [0.05, 0.1) is 19.3 Å². The number of aliphatic hydroxyl groups excluding tert-OH is 1. The van der Waals surface area contributed by atoms with E-state index in [0.717, 1.165) is 0 Å². The lowest BCUT2D eigenvalue weighted by molar-refractivity contribution is -0.137. The predicted octanol–water partition coefficient (Wildman–Crippen LogP) is 1.12. The summed E-state index contributed by atoms with van der Waals surface area (Å²) in [4.78, 5) is 13.6. The van der Waals surface area contributed by atoms with Gasteiger partial charge in [-0.1, -0.05) is 0 Å². The third-order valence-corrected chi connectivity index (χ3v) is 3.14. The van der Waals surface area contributed by atoms with Crippen molar-refractivity contribution in [1.82, 2.24) is 4.90 Å². The van der Waals surface area contributed by atoms with E-state index in [1.807, 2.05) is 0 Å². The predicted molar refractivity (Wildman–Crippen MR) is 69.9 cm³/mol. The first-order valence-corrected chi connectivity index (χ1v) is 6.54. The van der Waals surface area contributed by atoms with Gasteiger partial charge in [0.15, 0.2) is 6.61 Å². The molecule has 110 valence electrons. The molecular weight excluding hydrogens is 265 g/mol. The summed E-state index contributed by atoms with van der Waals surface area (Å²) in [5.41, 5.74) is 0.333. The molecule has 1 saturated heterocycles. The van der Waals surface area contributed by atoms with Gasteiger partial charge in [0.1, 0.15) is 11.6 Å². The lowest BCUT2D eigenvalue weighted by Crippen LogP contribution is -2.43. The molecule has 1 heterocycles. The lowest BCUT2D eigenvalue weighted by Gasteiger charge is -2.27. The van der Waals surface area contributed by atoms with Crippen LogP contribution in [0, 0.1) is 5.82 Å². The summed E-state index contributed by atoms with van der Waals surface area (Å²) in [7, 11) is 0. The zero-order valence-corrected chi connectivity index (χ0v) is 11.3. The van der Waals surface area contributed by atoms with Gasteiger partial charge in [-0.25, -0.2) is 4.39 Å². The smallest absolute Gasteiger partial charge is 0.260 e. The van der Waals surface area contributed by atoms with Crippen molar-refractivity contribution in [3.05, 3.63) is 29.6 Å². The highest BCUT2D eigenvalue weighted by Crippen LogP contribution is 2.26. The molecule has 0 spiro atoms. The fraction of sp³-hybridized carbons (Fsp3) is 0.500. The average molecular weight is 283 g/mol.